The highest BCUT2D eigenvalue weighted by Gasteiger charge is 2.06. The summed E-state index contributed by atoms with van der Waals surface area (Å²) in [5, 5.41) is 12.1. The van der Waals surface area contributed by atoms with E-state index in [-0.39, 0.29) is 0 Å². The van der Waals surface area contributed by atoms with Crippen molar-refractivity contribution in [3.05, 3.63) is 35.9 Å². The summed E-state index contributed by atoms with van der Waals surface area (Å²) in [6.07, 6.45) is 0.973. The van der Waals surface area contributed by atoms with Crippen LogP contribution in [-0.4, -0.2) is 17.2 Å². The number of benzene rings is 1. The molecule has 1 unspecified atom stereocenters. The van der Waals surface area contributed by atoms with Crippen LogP contribution >= 0.6 is 0 Å². The van der Waals surface area contributed by atoms with Gasteiger partial charge in [0.25, 0.3) is 5.91 Å². The van der Waals surface area contributed by atoms with Crippen LogP contribution in [-0.2, 0) is 11.2 Å². The van der Waals surface area contributed by atoms with Gasteiger partial charge in [-0.1, -0.05) is 43.2 Å². The average molecular weight is 255 g/mol. The molecule has 0 aliphatic rings. The highest BCUT2D eigenvalue weighted by Crippen LogP contribution is 2.03. The molecule has 1 amide bonds. The third-order valence-electron chi connectivity index (χ3n) is 2.35. The van der Waals surface area contributed by atoms with Gasteiger partial charge in [0.2, 0.25) is 0 Å². The van der Waals surface area contributed by atoms with Gasteiger partial charge in [-0.3, -0.25) is 4.79 Å². The van der Waals surface area contributed by atoms with Gasteiger partial charge in [0, 0.05) is 12.3 Å². The summed E-state index contributed by atoms with van der Waals surface area (Å²) in [4.78, 5) is 11.3. The monoisotopic (exact) mass is 255 g/mol. The second-order valence-corrected chi connectivity index (χ2v) is 3.92. The second-order valence-electron chi connectivity index (χ2n) is 3.92. The molecule has 0 spiro atoms. The molecule has 3 nitrogen and oxygen atoms in total. The summed E-state index contributed by atoms with van der Waals surface area (Å²) in [6.45, 7) is 1.90. The molecule has 0 bridgehead atoms. The van der Waals surface area contributed by atoms with E-state index in [2.05, 4.69) is 29.0 Å². The fraction of sp³-hybridized carbons (Fsp3) is 0.312. The molecule has 0 radical (unpaired) electrons. The van der Waals surface area contributed by atoms with Crippen LogP contribution in [0.25, 0.3) is 0 Å². The van der Waals surface area contributed by atoms with E-state index in [9.17, 15) is 9.90 Å². The van der Waals surface area contributed by atoms with Crippen molar-refractivity contribution < 1.29 is 9.90 Å². The van der Waals surface area contributed by atoms with E-state index < -0.39 is 12.1 Å². The number of aliphatic hydroxyl groups is 1. The molecular formula is C16H17NO2. The SMILES string of the molecule is CCC#CC#CC(=O)NC(O)CCc1ccccc1. The predicted octanol–water partition coefficient (Wildman–Crippen LogP) is 1.47. The fourth-order valence-corrected chi connectivity index (χ4v) is 1.43. The first-order valence-corrected chi connectivity index (χ1v) is 6.23. The Morgan fingerprint density at radius 1 is 1.32 bits per heavy atom. The lowest BCUT2D eigenvalue weighted by Gasteiger charge is -2.10. The van der Waals surface area contributed by atoms with Crippen LogP contribution in [0.4, 0.5) is 0 Å². The number of carbonyl (C=O) groups is 1. The van der Waals surface area contributed by atoms with Crippen LogP contribution in [0, 0.1) is 23.7 Å². The van der Waals surface area contributed by atoms with Crippen molar-refractivity contribution in [1.29, 1.82) is 0 Å². The largest absolute Gasteiger partial charge is 0.374 e. The van der Waals surface area contributed by atoms with E-state index >= 15 is 0 Å². The molecule has 19 heavy (non-hydrogen) atoms. The second kappa shape index (κ2) is 8.80. The molecule has 0 aliphatic carbocycles. The van der Waals surface area contributed by atoms with Gasteiger partial charge in [-0.05, 0) is 30.2 Å². The minimum Gasteiger partial charge on any atom is -0.374 e. The number of carbonyl (C=O) groups excluding carboxylic acids is 1. The predicted molar refractivity (Wildman–Crippen MR) is 74.8 cm³/mol. The number of rotatable bonds is 4. The summed E-state index contributed by atoms with van der Waals surface area (Å²) < 4.78 is 0. The van der Waals surface area contributed by atoms with Gasteiger partial charge in [-0.25, -0.2) is 0 Å². The lowest BCUT2D eigenvalue weighted by molar-refractivity contribution is -0.118. The summed E-state index contributed by atoms with van der Waals surface area (Å²) >= 11 is 0. The minimum atomic E-state index is -0.888. The Morgan fingerprint density at radius 2 is 2.05 bits per heavy atom. The molecule has 2 N–H and O–H groups in total. The Bertz CT molecular complexity index is 514. The number of hydrogen-bond donors (Lipinski definition) is 2. The molecule has 0 heterocycles. The van der Waals surface area contributed by atoms with Crippen molar-refractivity contribution in [2.75, 3.05) is 0 Å². The van der Waals surface area contributed by atoms with Crippen LogP contribution in [0.15, 0.2) is 30.3 Å². The zero-order valence-electron chi connectivity index (χ0n) is 10.9. The van der Waals surface area contributed by atoms with Gasteiger partial charge in [0.15, 0.2) is 0 Å². The van der Waals surface area contributed by atoms with Crippen LogP contribution in [0.2, 0.25) is 0 Å². The van der Waals surface area contributed by atoms with Crippen molar-refractivity contribution in [3.63, 3.8) is 0 Å². The molecule has 0 saturated heterocycles. The third-order valence-corrected chi connectivity index (χ3v) is 2.35. The van der Waals surface area contributed by atoms with Gasteiger partial charge in [0.1, 0.15) is 6.23 Å². The Kier molecular flexibility index (Phi) is 6.87. The van der Waals surface area contributed by atoms with Crippen molar-refractivity contribution in [2.24, 2.45) is 0 Å². The Balaban J connectivity index is 2.32. The van der Waals surface area contributed by atoms with Crippen molar-refractivity contribution in [2.45, 2.75) is 32.4 Å². The maximum Gasteiger partial charge on any atom is 0.298 e. The number of hydrogen-bond acceptors (Lipinski definition) is 2. The van der Waals surface area contributed by atoms with Crippen LogP contribution < -0.4 is 5.32 Å². The lowest BCUT2D eigenvalue weighted by atomic mass is 10.1. The normalized spacial score (nSPS) is 10.4. The number of nitrogens with one attached hydrogen (secondary N) is 1. The highest BCUT2D eigenvalue weighted by atomic mass is 16.3. The van der Waals surface area contributed by atoms with Crippen molar-refractivity contribution in [3.8, 4) is 23.7 Å². The minimum absolute atomic E-state index is 0.456. The molecular weight excluding hydrogens is 238 g/mol. The fourth-order valence-electron chi connectivity index (χ4n) is 1.43. The summed E-state index contributed by atoms with van der Waals surface area (Å²) in [5.41, 5.74) is 1.12. The first-order chi connectivity index (χ1) is 9.22. The summed E-state index contributed by atoms with van der Waals surface area (Å²) in [5.74, 6) is 9.52. The lowest BCUT2D eigenvalue weighted by Crippen LogP contribution is -2.33. The summed E-state index contributed by atoms with van der Waals surface area (Å²) in [6, 6.07) is 9.79. The van der Waals surface area contributed by atoms with E-state index in [1.807, 2.05) is 37.3 Å². The maximum atomic E-state index is 11.3. The van der Waals surface area contributed by atoms with Crippen molar-refractivity contribution in [1.82, 2.24) is 5.32 Å². The smallest absolute Gasteiger partial charge is 0.298 e. The Labute approximate surface area is 114 Å². The van der Waals surface area contributed by atoms with Gasteiger partial charge >= 0.3 is 0 Å². The Hall–Kier alpha value is -2.23. The van der Waals surface area contributed by atoms with Gasteiger partial charge in [-0.2, -0.15) is 0 Å². The molecule has 1 rings (SSSR count). The van der Waals surface area contributed by atoms with Crippen LogP contribution in [0.1, 0.15) is 25.3 Å². The highest BCUT2D eigenvalue weighted by molar-refractivity contribution is 5.94. The van der Waals surface area contributed by atoms with E-state index in [0.29, 0.717) is 19.3 Å². The molecule has 3 heteroatoms. The zero-order valence-corrected chi connectivity index (χ0v) is 10.9. The van der Waals surface area contributed by atoms with Crippen LogP contribution in [0.3, 0.4) is 0 Å². The molecule has 0 aromatic heterocycles. The standard InChI is InChI=1S/C16H17NO2/c1-2-3-4-8-11-15(18)17-16(19)13-12-14-9-6-5-7-10-14/h5-7,9-10,16,19H,2,12-13H2,1H3,(H,17,18). The first-order valence-electron chi connectivity index (χ1n) is 6.23. The zero-order chi connectivity index (χ0) is 13.9. The van der Waals surface area contributed by atoms with Gasteiger partial charge in [0.05, 0.1) is 0 Å². The molecule has 1 atom stereocenters. The molecule has 1 aromatic rings. The first kappa shape index (κ1) is 14.8. The topological polar surface area (TPSA) is 49.3 Å². The molecule has 0 aliphatic heterocycles. The number of aryl methyl sites for hydroxylation is 1. The van der Waals surface area contributed by atoms with Crippen molar-refractivity contribution >= 4 is 5.91 Å². The van der Waals surface area contributed by atoms with Gasteiger partial charge < -0.3 is 10.4 Å². The quantitative estimate of drug-likeness (QED) is 0.632. The summed E-state index contributed by atoms with van der Waals surface area (Å²) in [7, 11) is 0. The number of aliphatic hydroxyl groups excluding tert-OH is 1. The third kappa shape index (κ3) is 6.93. The van der Waals surface area contributed by atoms with Crippen LogP contribution in [0.5, 0.6) is 0 Å². The Morgan fingerprint density at radius 3 is 2.74 bits per heavy atom. The van der Waals surface area contributed by atoms with E-state index in [1.165, 1.54) is 0 Å². The number of amides is 1. The molecule has 98 valence electrons. The molecule has 0 saturated carbocycles. The average Bonchev–Trinajstić information content (AvgIpc) is 2.42. The van der Waals surface area contributed by atoms with E-state index in [1.54, 1.807) is 0 Å². The van der Waals surface area contributed by atoms with E-state index in [4.69, 9.17) is 0 Å². The maximum absolute atomic E-state index is 11.3. The molecule has 0 fully saturated rings. The molecule has 1 aromatic carbocycles. The van der Waals surface area contributed by atoms with Gasteiger partial charge in [-0.15, -0.1) is 0 Å². The van der Waals surface area contributed by atoms with E-state index in [0.717, 1.165) is 5.56 Å².